The van der Waals surface area contributed by atoms with Gasteiger partial charge in [0.25, 0.3) is 5.91 Å². The van der Waals surface area contributed by atoms with Gasteiger partial charge in [-0.3, -0.25) is 9.69 Å². The van der Waals surface area contributed by atoms with Crippen molar-refractivity contribution >= 4 is 5.91 Å². The topological polar surface area (TPSA) is 59.4 Å². The van der Waals surface area contributed by atoms with Crippen LogP contribution in [0.4, 0.5) is 0 Å². The molecule has 1 spiro atoms. The molecule has 6 nitrogen and oxygen atoms in total. The number of fused-ring (bicyclic) bond motifs is 2. The second kappa shape index (κ2) is 7.44. The highest BCUT2D eigenvalue weighted by Crippen LogP contribution is 2.40. The third-order valence-electron chi connectivity index (χ3n) is 5.49. The van der Waals surface area contributed by atoms with Gasteiger partial charge in [0.1, 0.15) is 11.4 Å². The van der Waals surface area contributed by atoms with Crippen LogP contribution in [0.5, 0.6) is 0 Å². The Morgan fingerprint density at radius 3 is 2.74 bits per heavy atom. The quantitative estimate of drug-likeness (QED) is 0.900. The number of benzene rings is 1. The molecule has 1 saturated heterocycles. The molecular weight excluding hydrogens is 340 g/mol. The zero-order valence-corrected chi connectivity index (χ0v) is 16.1. The van der Waals surface area contributed by atoms with E-state index in [-0.39, 0.29) is 11.9 Å². The zero-order valence-electron chi connectivity index (χ0n) is 16.1. The lowest BCUT2D eigenvalue weighted by molar-refractivity contribution is -0.174. The van der Waals surface area contributed by atoms with Crippen LogP contribution in [0.25, 0.3) is 0 Å². The van der Waals surface area contributed by atoms with E-state index in [9.17, 15) is 4.79 Å². The Labute approximate surface area is 160 Å². The number of carbonyl (C=O) groups excluding carboxylic acids is 1. The first-order valence-electron chi connectivity index (χ1n) is 9.82. The van der Waals surface area contributed by atoms with Crippen LogP contribution in [0.2, 0.25) is 0 Å². The van der Waals surface area contributed by atoms with Gasteiger partial charge in [-0.1, -0.05) is 30.3 Å². The first-order chi connectivity index (χ1) is 13.1. The molecule has 0 bridgehead atoms. The first kappa shape index (κ1) is 18.2. The normalized spacial score (nSPS) is 22.0. The van der Waals surface area contributed by atoms with Gasteiger partial charge in [-0.05, 0) is 32.3 Å². The number of carbonyl (C=O) groups is 1. The average Bonchev–Trinajstić information content (AvgIpc) is 3.14. The number of ether oxygens (including phenoxy) is 1. The first-order valence-corrected chi connectivity index (χ1v) is 9.82. The molecule has 2 aliphatic rings. The van der Waals surface area contributed by atoms with Crippen molar-refractivity contribution < 1.29 is 9.53 Å². The van der Waals surface area contributed by atoms with Gasteiger partial charge in [0.2, 0.25) is 0 Å². The summed E-state index contributed by atoms with van der Waals surface area (Å²) in [6, 6.07) is 10.7. The molecule has 27 heavy (non-hydrogen) atoms. The largest absolute Gasteiger partial charge is 0.352 e. The van der Waals surface area contributed by atoms with Gasteiger partial charge < -0.3 is 14.6 Å². The van der Waals surface area contributed by atoms with E-state index < -0.39 is 11.7 Å². The van der Waals surface area contributed by atoms with E-state index in [4.69, 9.17) is 4.74 Å². The smallest absolute Gasteiger partial charge is 0.251 e. The van der Waals surface area contributed by atoms with Crippen molar-refractivity contribution in [2.24, 2.45) is 0 Å². The lowest BCUT2D eigenvalue weighted by Gasteiger charge is -2.45. The third kappa shape index (κ3) is 3.77. The minimum absolute atomic E-state index is 0.0320. The van der Waals surface area contributed by atoms with Crippen LogP contribution in [0.1, 0.15) is 38.1 Å². The molecule has 1 fully saturated rings. The van der Waals surface area contributed by atoms with Crippen molar-refractivity contribution in [1.82, 2.24) is 19.8 Å². The predicted octanol–water partition coefficient (Wildman–Crippen LogP) is 2.30. The van der Waals surface area contributed by atoms with E-state index in [0.717, 1.165) is 38.3 Å². The van der Waals surface area contributed by atoms with Crippen LogP contribution < -0.4 is 5.32 Å². The fourth-order valence-electron chi connectivity index (χ4n) is 4.17. The average molecular weight is 368 g/mol. The molecule has 1 amide bonds. The predicted molar refractivity (Wildman–Crippen MR) is 103 cm³/mol. The monoisotopic (exact) mass is 368 g/mol. The van der Waals surface area contributed by atoms with Crippen molar-refractivity contribution in [2.75, 3.05) is 13.1 Å². The highest BCUT2D eigenvalue weighted by Gasteiger charge is 2.47. The number of piperidine rings is 1. The molecule has 1 atom stereocenters. The van der Waals surface area contributed by atoms with E-state index >= 15 is 0 Å². The van der Waals surface area contributed by atoms with Gasteiger partial charge in [0, 0.05) is 38.1 Å². The molecule has 0 radical (unpaired) electrons. The number of amides is 1. The molecule has 1 N–H and O–H groups in total. The Balaban J connectivity index is 1.48. The number of nitrogens with one attached hydrogen (secondary N) is 1. The van der Waals surface area contributed by atoms with Gasteiger partial charge in [-0.15, -0.1) is 0 Å². The lowest BCUT2D eigenvalue weighted by atomic mass is 9.88. The van der Waals surface area contributed by atoms with Crippen LogP contribution in [-0.4, -0.2) is 45.6 Å². The molecule has 0 unspecified atom stereocenters. The van der Waals surface area contributed by atoms with Crippen molar-refractivity contribution in [3.05, 3.63) is 54.1 Å². The minimum atomic E-state index is -0.464. The SMILES string of the molecule is CC(C)NC(=O)[C@@H]1Cn2ccnc2C2(CCN(Cc3ccccc3)CC2)O1. The summed E-state index contributed by atoms with van der Waals surface area (Å²) in [5, 5.41) is 2.99. The molecule has 144 valence electrons. The van der Waals surface area contributed by atoms with Crippen LogP contribution in [0.3, 0.4) is 0 Å². The number of likely N-dealkylation sites (tertiary alicyclic amines) is 1. The molecule has 1 aromatic heterocycles. The molecule has 4 rings (SSSR count). The fraction of sp³-hybridized carbons (Fsp3) is 0.524. The minimum Gasteiger partial charge on any atom is -0.352 e. The Morgan fingerprint density at radius 2 is 2.04 bits per heavy atom. The molecule has 0 aliphatic carbocycles. The summed E-state index contributed by atoms with van der Waals surface area (Å²) in [6.07, 6.45) is 5.02. The number of imidazole rings is 1. The summed E-state index contributed by atoms with van der Waals surface area (Å²) in [4.78, 5) is 19.6. The highest BCUT2D eigenvalue weighted by molar-refractivity contribution is 5.81. The Bertz CT molecular complexity index is 778. The van der Waals surface area contributed by atoms with Crippen LogP contribution in [-0.2, 0) is 28.2 Å². The fourth-order valence-corrected chi connectivity index (χ4v) is 4.17. The van der Waals surface area contributed by atoms with Gasteiger partial charge >= 0.3 is 0 Å². The van der Waals surface area contributed by atoms with Crippen molar-refractivity contribution in [1.29, 1.82) is 0 Å². The molecule has 2 aromatic rings. The van der Waals surface area contributed by atoms with Gasteiger partial charge in [-0.25, -0.2) is 4.98 Å². The van der Waals surface area contributed by atoms with Crippen LogP contribution in [0, 0.1) is 0 Å². The lowest BCUT2D eigenvalue weighted by Crippen LogP contribution is -2.54. The van der Waals surface area contributed by atoms with Gasteiger partial charge in [0.15, 0.2) is 6.10 Å². The zero-order chi connectivity index (χ0) is 18.9. The Hall–Kier alpha value is -2.18. The standard InChI is InChI=1S/C21H28N4O2/c1-16(2)23-19(26)18-15-25-13-10-22-20(25)21(27-18)8-11-24(12-9-21)14-17-6-4-3-5-7-17/h3-7,10,13,16,18H,8-9,11-12,14-15H2,1-2H3,(H,23,26)/t18-/m0/s1. The Morgan fingerprint density at radius 1 is 1.30 bits per heavy atom. The van der Waals surface area contributed by atoms with Crippen molar-refractivity contribution in [3.8, 4) is 0 Å². The summed E-state index contributed by atoms with van der Waals surface area (Å²) in [5.41, 5.74) is 0.863. The molecule has 2 aliphatic heterocycles. The molecular formula is C21H28N4O2. The van der Waals surface area contributed by atoms with E-state index in [1.54, 1.807) is 0 Å². The summed E-state index contributed by atoms with van der Waals surface area (Å²) in [7, 11) is 0. The van der Waals surface area contributed by atoms with E-state index in [2.05, 4.69) is 44.0 Å². The number of hydrogen-bond donors (Lipinski definition) is 1. The number of hydrogen-bond acceptors (Lipinski definition) is 4. The highest BCUT2D eigenvalue weighted by atomic mass is 16.5. The second-order valence-corrected chi connectivity index (χ2v) is 7.93. The Kier molecular flexibility index (Phi) is 5.02. The molecule has 6 heteroatoms. The molecule has 0 saturated carbocycles. The van der Waals surface area contributed by atoms with E-state index in [1.807, 2.05) is 32.3 Å². The van der Waals surface area contributed by atoms with E-state index in [1.165, 1.54) is 5.56 Å². The summed E-state index contributed by atoms with van der Waals surface area (Å²) in [6.45, 7) is 7.29. The maximum Gasteiger partial charge on any atom is 0.251 e. The van der Waals surface area contributed by atoms with Gasteiger partial charge in [-0.2, -0.15) is 0 Å². The van der Waals surface area contributed by atoms with Crippen LogP contribution >= 0.6 is 0 Å². The second-order valence-electron chi connectivity index (χ2n) is 7.93. The number of rotatable bonds is 4. The third-order valence-corrected chi connectivity index (χ3v) is 5.49. The number of aromatic nitrogens is 2. The summed E-state index contributed by atoms with van der Waals surface area (Å²) >= 11 is 0. The van der Waals surface area contributed by atoms with Crippen molar-refractivity contribution in [3.63, 3.8) is 0 Å². The summed E-state index contributed by atoms with van der Waals surface area (Å²) < 4.78 is 8.54. The maximum absolute atomic E-state index is 12.6. The maximum atomic E-state index is 12.6. The molecule has 3 heterocycles. The summed E-state index contributed by atoms with van der Waals surface area (Å²) in [5.74, 6) is 0.936. The van der Waals surface area contributed by atoms with Gasteiger partial charge in [0.05, 0.1) is 6.54 Å². The molecule has 1 aromatic carbocycles. The van der Waals surface area contributed by atoms with Crippen LogP contribution in [0.15, 0.2) is 42.7 Å². The van der Waals surface area contributed by atoms with E-state index in [0.29, 0.717) is 6.54 Å². The number of nitrogens with zero attached hydrogens (tertiary/aromatic N) is 3. The van der Waals surface area contributed by atoms with Crippen molar-refractivity contribution in [2.45, 2.75) is 57.5 Å².